The second kappa shape index (κ2) is 11.8. The summed E-state index contributed by atoms with van der Waals surface area (Å²) in [6, 6.07) is 18.6. The molecule has 1 unspecified atom stereocenters. The van der Waals surface area contributed by atoms with E-state index in [9.17, 15) is 14.7 Å². The average Bonchev–Trinajstić information content (AvgIpc) is 3.50. The van der Waals surface area contributed by atoms with Crippen molar-refractivity contribution in [3.8, 4) is 17.2 Å². The molecule has 0 bridgehead atoms. The van der Waals surface area contributed by atoms with Gasteiger partial charge in [0.05, 0.1) is 41.7 Å². The maximum atomic E-state index is 13.6. The number of carbonyl (C=O) groups excluding carboxylic acids is 2. The van der Waals surface area contributed by atoms with E-state index in [1.165, 1.54) is 16.2 Å². The van der Waals surface area contributed by atoms with Gasteiger partial charge >= 0.3 is 5.91 Å². The molecule has 1 aliphatic rings. The number of aliphatic hydroxyl groups is 1. The fraction of sp³-hybridized carbons (Fsp3) is 0.258. The van der Waals surface area contributed by atoms with Crippen molar-refractivity contribution >= 4 is 44.1 Å². The molecule has 8 nitrogen and oxygen atoms in total. The van der Waals surface area contributed by atoms with Crippen LogP contribution in [0.5, 0.6) is 17.2 Å². The van der Waals surface area contributed by atoms with Crippen molar-refractivity contribution in [2.45, 2.75) is 33.2 Å². The third kappa shape index (κ3) is 5.24. The third-order valence-corrected chi connectivity index (χ3v) is 7.41. The zero-order valence-corrected chi connectivity index (χ0v) is 23.4. The summed E-state index contributed by atoms with van der Waals surface area (Å²) in [6.07, 6.45) is 0.866. The molecule has 3 aromatic carbocycles. The van der Waals surface area contributed by atoms with Gasteiger partial charge in [0.15, 0.2) is 5.13 Å². The van der Waals surface area contributed by atoms with Crippen LogP contribution < -0.4 is 19.1 Å². The van der Waals surface area contributed by atoms with E-state index in [1.807, 2.05) is 39.0 Å². The topological polar surface area (TPSA) is 98.2 Å². The summed E-state index contributed by atoms with van der Waals surface area (Å²) in [6.45, 7) is 7.34. The molecule has 4 aromatic rings. The molecule has 1 aromatic heterocycles. The number of nitrogens with zero attached hydrogens (tertiary/aromatic N) is 2. The highest BCUT2D eigenvalue weighted by Gasteiger charge is 2.48. The molecule has 0 radical (unpaired) electrons. The molecule has 1 fully saturated rings. The van der Waals surface area contributed by atoms with Crippen LogP contribution in [0.1, 0.15) is 44.4 Å². The number of rotatable bonds is 10. The number of ether oxygens (including phenoxy) is 3. The van der Waals surface area contributed by atoms with Crippen LogP contribution in [0.15, 0.2) is 72.3 Å². The first kappa shape index (κ1) is 27.2. The highest BCUT2D eigenvalue weighted by Crippen LogP contribution is 2.45. The van der Waals surface area contributed by atoms with E-state index in [4.69, 9.17) is 14.2 Å². The number of hydrogen-bond donors (Lipinski definition) is 1. The molecule has 1 amide bonds. The van der Waals surface area contributed by atoms with Crippen LogP contribution in [0.25, 0.3) is 16.0 Å². The number of anilines is 1. The fourth-order valence-electron chi connectivity index (χ4n) is 4.62. The summed E-state index contributed by atoms with van der Waals surface area (Å²) in [5, 5.41) is 11.8. The number of amides is 1. The van der Waals surface area contributed by atoms with Gasteiger partial charge in [-0.15, -0.1) is 0 Å². The van der Waals surface area contributed by atoms with Crippen molar-refractivity contribution in [1.29, 1.82) is 0 Å². The number of thiazole rings is 1. The number of aromatic nitrogens is 1. The number of ketones is 1. The zero-order chi connectivity index (χ0) is 28.2. The number of benzene rings is 3. The normalized spacial score (nSPS) is 16.5. The lowest BCUT2D eigenvalue weighted by molar-refractivity contribution is -0.132. The Morgan fingerprint density at radius 3 is 2.30 bits per heavy atom. The summed E-state index contributed by atoms with van der Waals surface area (Å²) < 4.78 is 17.8. The minimum absolute atomic E-state index is 0.0184. The monoisotopic (exact) mass is 558 g/mol. The minimum atomic E-state index is -0.900. The molecule has 1 N–H and O–H groups in total. The number of hydrogen-bond acceptors (Lipinski definition) is 8. The molecule has 0 aliphatic carbocycles. The number of fused-ring (bicyclic) bond motifs is 1. The molecule has 1 aliphatic heterocycles. The van der Waals surface area contributed by atoms with Crippen molar-refractivity contribution in [2.24, 2.45) is 0 Å². The van der Waals surface area contributed by atoms with Crippen molar-refractivity contribution < 1.29 is 28.9 Å². The van der Waals surface area contributed by atoms with Gasteiger partial charge < -0.3 is 19.3 Å². The Labute approximate surface area is 236 Å². The van der Waals surface area contributed by atoms with Gasteiger partial charge in [0.1, 0.15) is 23.0 Å². The molecular weight excluding hydrogens is 528 g/mol. The molecule has 2 heterocycles. The molecule has 0 saturated carbocycles. The Morgan fingerprint density at radius 1 is 0.900 bits per heavy atom. The fourth-order valence-corrected chi connectivity index (χ4v) is 5.64. The lowest BCUT2D eigenvalue weighted by Gasteiger charge is -2.23. The van der Waals surface area contributed by atoms with Gasteiger partial charge in [0.25, 0.3) is 5.78 Å². The SMILES string of the molecule is CCCOc1ccc(C2/C(=C(\O)c3cccc(OCC)c3)C(=O)C(=O)N2c2nc3ccc(OCC)cc3s2)cc1. The van der Waals surface area contributed by atoms with Crippen molar-refractivity contribution in [2.75, 3.05) is 24.7 Å². The minimum Gasteiger partial charge on any atom is -0.507 e. The smallest absolute Gasteiger partial charge is 0.301 e. The van der Waals surface area contributed by atoms with E-state index < -0.39 is 17.7 Å². The van der Waals surface area contributed by atoms with Crippen molar-refractivity contribution in [3.05, 3.63) is 83.4 Å². The Morgan fingerprint density at radius 2 is 1.60 bits per heavy atom. The van der Waals surface area contributed by atoms with Gasteiger partial charge in [-0.3, -0.25) is 14.5 Å². The van der Waals surface area contributed by atoms with Crippen LogP contribution in [0, 0.1) is 0 Å². The van der Waals surface area contributed by atoms with E-state index in [2.05, 4.69) is 4.98 Å². The zero-order valence-electron chi connectivity index (χ0n) is 22.5. The first-order valence-corrected chi connectivity index (χ1v) is 14.1. The van der Waals surface area contributed by atoms with Crippen LogP contribution in [-0.2, 0) is 9.59 Å². The Balaban J connectivity index is 1.65. The van der Waals surface area contributed by atoms with Crippen molar-refractivity contribution in [3.63, 3.8) is 0 Å². The van der Waals surface area contributed by atoms with Crippen molar-refractivity contribution in [1.82, 2.24) is 4.98 Å². The molecular formula is C31H30N2O6S. The van der Waals surface area contributed by atoms with Gasteiger partial charge in [0, 0.05) is 5.56 Å². The first-order valence-electron chi connectivity index (χ1n) is 13.3. The Hall–Kier alpha value is -4.37. The molecule has 9 heteroatoms. The molecule has 1 atom stereocenters. The van der Waals surface area contributed by atoms with E-state index in [0.29, 0.717) is 58.8 Å². The summed E-state index contributed by atoms with van der Waals surface area (Å²) in [5.74, 6) is 0.0911. The van der Waals surface area contributed by atoms with Crippen LogP contribution in [0.3, 0.4) is 0 Å². The summed E-state index contributed by atoms with van der Waals surface area (Å²) in [4.78, 5) is 33.2. The van der Waals surface area contributed by atoms with Crippen LogP contribution in [0.2, 0.25) is 0 Å². The van der Waals surface area contributed by atoms with Crippen LogP contribution in [0.4, 0.5) is 5.13 Å². The molecule has 206 valence electrons. The van der Waals surface area contributed by atoms with Gasteiger partial charge in [-0.05, 0) is 68.3 Å². The number of carbonyl (C=O) groups is 2. The average molecular weight is 559 g/mol. The summed E-state index contributed by atoms with van der Waals surface area (Å²) in [5.41, 5.74) is 1.68. The quantitative estimate of drug-likeness (QED) is 0.135. The Kier molecular flexibility index (Phi) is 8.02. The standard InChI is InChI=1S/C31H30N2O6S/c1-4-16-39-21-12-10-19(11-13-21)27-26(28(34)20-8-7-9-22(17-20)37-5-2)29(35)30(36)33(27)31-32-24-15-14-23(38-6-3)18-25(24)40-31/h7-15,17-18,27,34H,4-6,16H2,1-3H3/b28-26+. The first-order chi connectivity index (χ1) is 19.4. The maximum Gasteiger partial charge on any atom is 0.301 e. The summed E-state index contributed by atoms with van der Waals surface area (Å²) in [7, 11) is 0. The van der Waals surface area contributed by atoms with Gasteiger partial charge in [-0.25, -0.2) is 4.98 Å². The maximum absolute atomic E-state index is 13.6. The van der Waals surface area contributed by atoms with E-state index in [-0.39, 0.29) is 11.3 Å². The van der Waals surface area contributed by atoms with Crippen LogP contribution >= 0.6 is 11.3 Å². The lowest BCUT2D eigenvalue weighted by Crippen LogP contribution is -2.29. The van der Waals surface area contributed by atoms with E-state index in [0.717, 1.165) is 11.1 Å². The predicted octanol–water partition coefficient (Wildman–Crippen LogP) is 6.51. The van der Waals surface area contributed by atoms with Gasteiger partial charge in [-0.2, -0.15) is 0 Å². The highest BCUT2D eigenvalue weighted by molar-refractivity contribution is 7.22. The number of Topliss-reactive ketones (excluding diaryl/α,β-unsaturated/α-hetero) is 1. The second-order valence-corrected chi connectivity index (χ2v) is 10.1. The number of aliphatic hydroxyl groups excluding tert-OH is 1. The van der Waals surface area contributed by atoms with E-state index in [1.54, 1.807) is 48.5 Å². The van der Waals surface area contributed by atoms with Gasteiger partial charge in [0.2, 0.25) is 0 Å². The largest absolute Gasteiger partial charge is 0.507 e. The van der Waals surface area contributed by atoms with E-state index >= 15 is 0 Å². The second-order valence-electron chi connectivity index (χ2n) is 9.11. The Bertz CT molecular complexity index is 1580. The molecule has 40 heavy (non-hydrogen) atoms. The molecule has 5 rings (SSSR count). The lowest BCUT2D eigenvalue weighted by atomic mass is 9.95. The van der Waals surface area contributed by atoms with Crippen LogP contribution in [-0.4, -0.2) is 41.6 Å². The summed E-state index contributed by atoms with van der Waals surface area (Å²) >= 11 is 1.28. The molecule has 1 saturated heterocycles. The van der Waals surface area contributed by atoms with Gasteiger partial charge in [-0.1, -0.05) is 42.5 Å². The predicted molar refractivity (Wildman–Crippen MR) is 155 cm³/mol. The molecule has 0 spiro atoms. The third-order valence-electron chi connectivity index (χ3n) is 6.40. The highest BCUT2D eigenvalue weighted by atomic mass is 32.1.